The van der Waals surface area contributed by atoms with Crippen molar-refractivity contribution in [3.8, 4) is 0 Å². The topological polar surface area (TPSA) is 24.4 Å². The smallest absolute Gasteiger partial charge is 0.276 e. The second-order valence-electron chi connectivity index (χ2n) is 1.78. The monoisotopic (exact) mass is 154 g/mol. The summed E-state index contributed by atoms with van der Waals surface area (Å²) in [4.78, 5) is 1.87. The molecular formula is C4H5ClF2N2. The molecule has 5 heteroatoms. The van der Waals surface area contributed by atoms with Crippen LogP contribution in [0.1, 0.15) is 0 Å². The predicted molar refractivity (Wildman–Crippen MR) is 31.1 cm³/mol. The maximum atomic E-state index is 11.8. The average Bonchev–Trinajstić information content (AvgIpc) is 2.16. The highest BCUT2D eigenvalue weighted by Gasteiger charge is 2.39. The lowest BCUT2D eigenvalue weighted by atomic mass is 10.3. The Morgan fingerprint density at radius 2 is 2.44 bits per heavy atom. The lowest BCUT2D eigenvalue weighted by molar-refractivity contribution is 0.0952. The van der Waals surface area contributed by atoms with E-state index in [1.165, 1.54) is 6.34 Å². The van der Waals surface area contributed by atoms with Crippen molar-refractivity contribution in [1.29, 1.82) is 0 Å². The molecule has 0 aromatic carbocycles. The molecule has 1 aliphatic heterocycles. The summed E-state index contributed by atoms with van der Waals surface area (Å²) in [6.07, 6.45) is -1.39. The molecule has 2 nitrogen and oxygen atoms in total. The lowest BCUT2D eigenvalue weighted by Gasteiger charge is -2.18. The summed E-state index contributed by atoms with van der Waals surface area (Å²) in [5.74, 6) is 0. The first kappa shape index (κ1) is 6.74. The molecule has 1 aliphatic rings. The number of hydrogen-bond donors (Lipinski definition) is 1. The van der Waals surface area contributed by atoms with Gasteiger partial charge in [0.15, 0.2) is 5.00 Å². The zero-order chi connectivity index (χ0) is 6.91. The molecule has 1 N–H and O–H groups in total. The Balaban J connectivity index is 2.55. The number of nitrogens with one attached hydrogen (secondary N) is 1. The van der Waals surface area contributed by atoms with Crippen LogP contribution in [0.3, 0.4) is 0 Å². The van der Waals surface area contributed by atoms with Gasteiger partial charge in [0.05, 0.1) is 12.9 Å². The Bertz CT molecular complexity index is 129. The Kier molecular flexibility index (Phi) is 1.57. The Hall–Kier alpha value is -0.380. The van der Waals surface area contributed by atoms with E-state index in [0.29, 0.717) is 0 Å². The fourth-order valence-corrected chi connectivity index (χ4v) is 0.627. The van der Waals surface area contributed by atoms with Crippen LogP contribution in [0.15, 0.2) is 4.99 Å². The summed E-state index contributed by atoms with van der Waals surface area (Å²) in [6.45, 7) is -0.0633. The predicted octanol–water partition coefficient (Wildman–Crippen LogP) is 0.818. The fraction of sp³-hybridized carbons (Fsp3) is 0.750. The molecule has 0 spiro atoms. The van der Waals surface area contributed by atoms with Crippen molar-refractivity contribution in [2.24, 2.45) is 4.99 Å². The number of halogens is 3. The van der Waals surface area contributed by atoms with Gasteiger partial charge in [-0.2, -0.15) is 0 Å². The van der Waals surface area contributed by atoms with Crippen LogP contribution in [0.2, 0.25) is 0 Å². The van der Waals surface area contributed by atoms with Gasteiger partial charge in [-0.05, 0) is 0 Å². The Labute approximate surface area is 55.9 Å². The number of nitrogens with zero attached hydrogens (tertiary/aromatic N) is 1. The summed E-state index contributed by atoms with van der Waals surface area (Å²) >= 11 is 5.32. The van der Waals surface area contributed by atoms with Crippen LogP contribution >= 0.6 is 11.6 Å². The van der Waals surface area contributed by atoms with E-state index in [1.54, 1.807) is 0 Å². The summed E-state index contributed by atoms with van der Waals surface area (Å²) in [5.41, 5.74) is 0. The third-order valence-corrected chi connectivity index (χ3v) is 1.46. The first-order valence-electron chi connectivity index (χ1n) is 2.38. The van der Waals surface area contributed by atoms with Crippen molar-refractivity contribution in [3.63, 3.8) is 0 Å². The van der Waals surface area contributed by atoms with Crippen LogP contribution in [0.25, 0.3) is 0 Å². The quantitative estimate of drug-likeness (QED) is 0.439. The molecule has 9 heavy (non-hydrogen) atoms. The molecule has 0 aliphatic carbocycles. The van der Waals surface area contributed by atoms with E-state index < -0.39 is 11.4 Å². The molecule has 0 fully saturated rings. The molecule has 1 atom stereocenters. The number of aliphatic imine (C=N–C) groups is 1. The third-order valence-electron chi connectivity index (χ3n) is 1.06. The zero-order valence-corrected chi connectivity index (χ0v) is 5.20. The molecule has 1 unspecified atom stereocenters. The molecule has 0 aromatic rings. The minimum Gasteiger partial charge on any atom is -0.352 e. The van der Waals surface area contributed by atoms with E-state index in [0.717, 1.165) is 0 Å². The van der Waals surface area contributed by atoms with Crippen LogP contribution in [-0.4, -0.2) is 24.3 Å². The second-order valence-corrected chi connectivity index (χ2v) is 2.45. The Morgan fingerprint density at radius 1 is 1.78 bits per heavy atom. The van der Waals surface area contributed by atoms with E-state index in [2.05, 4.69) is 10.3 Å². The van der Waals surface area contributed by atoms with Crippen molar-refractivity contribution in [2.75, 3.05) is 6.54 Å². The van der Waals surface area contributed by atoms with Crippen molar-refractivity contribution in [3.05, 3.63) is 0 Å². The molecule has 0 radical (unpaired) electrons. The fourth-order valence-electron chi connectivity index (χ4n) is 0.509. The molecule has 0 bridgehead atoms. The first-order chi connectivity index (χ1) is 4.15. The second kappa shape index (κ2) is 2.10. The van der Waals surface area contributed by atoms with E-state index in [9.17, 15) is 8.78 Å². The van der Waals surface area contributed by atoms with Gasteiger partial charge in [0, 0.05) is 0 Å². The number of hydrogen-bond acceptors (Lipinski definition) is 2. The summed E-state index contributed by atoms with van der Waals surface area (Å²) in [6, 6.07) is 0. The van der Waals surface area contributed by atoms with Crippen molar-refractivity contribution in [2.45, 2.75) is 11.4 Å². The maximum absolute atomic E-state index is 11.8. The van der Waals surface area contributed by atoms with Gasteiger partial charge >= 0.3 is 0 Å². The summed E-state index contributed by atoms with van der Waals surface area (Å²) in [5, 5.41) is 2.26. The van der Waals surface area contributed by atoms with Gasteiger partial charge in [0.25, 0.3) is 6.43 Å². The van der Waals surface area contributed by atoms with Gasteiger partial charge in [0.2, 0.25) is 0 Å². The highest BCUT2D eigenvalue weighted by atomic mass is 35.5. The molecule has 0 amide bonds. The minimum atomic E-state index is -2.58. The first-order valence-corrected chi connectivity index (χ1v) is 2.76. The highest BCUT2D eigenvalue weighted by molar-refractivity contribution is 6.25. The summed E-state index contributed by atoms with van der Waals surface area (Å²) in [7, 11) is 0. The number of alkyl halides is 3. The van der Waals surface area contributed by atoms with E-state index in [-0.39, 0.29) is 6.54 Å². The number of rotatable bonds is 1. The molecule has 1 heterocycles. The molecule has 52 valence electrons. The molecular weight excluding hydrogens is 150 g/mol. The van der Waals surface area contributed by atoms with E-state index in [1.807, 2.05) is 0 Å². The van der Waals surface area contributed by atoms with Crippen LogP contribution < -0.4 is 5.32 Å². The van der Waals surface area contributed by atoms with Crippen LogP contribution in [0, 0.1) is 0 Å². The average molecular weight is 155 g/mol. The Morgan fingerprint density at radius 3 is 2.67 bits per heavy atom. The van der Waals surface area contributed by atoms with Crippen LogP contribution in [0.5, 0.6) is 0 Å². The van der Waals surface area contributed by atoms with Gasteiger partial charge in [-0.25, -0.2) is 8.78 Å². The molecule has 0 saturated heterocycles. The highest BCUT2D eigenvalue weighted by Crippen LogP contribution is 2.22. The van der Waals surface area contributed by atoms with Gasteiger partial charge in [-0.3, -0.25) is 4.99 Å². The molecule has 0 aromatic heterocycles. The lowest BCUT2D eigenvalue weighted by Crippen LogP contribution is -2.44. The standard InChI is InChI=1S/C4H5ClF2N2/c5-4(3(6)7)1-8-2-9-4/h2-3H,1H2,(H,8,9). The van der Waals surface area contributed by atoms with Crippen molar-refractivity contribution in [1.82, 2.24) is 5.32 Å². The minimum absolute atomic E-state index is 0.0633. The van der Waals surface area contributed by atoms with E-state index in [4.69, 9.17) is 11.6 Å². The van der Waals surface area contributed by atoms with Crippen LogP contribution in [-0.2, 0) is 0 Å². The SMILES string of the molecule is FC(F)C1(Cl)CN=CN1. The summed E-state index contributed by atoms with van der Waals surface area (Å²) < 4.78 is 23.7. The van der Waals surface area contributed by atoms with Crippen molar-refractivity contribution < 1.29 is 8.78 Å². The largest absolute Gasteiger partial charge is 0.352 e. The van der Waals surface area contributed by atoms with Crippen molar-refractivity contribution >= 4 is 17.9 Å². The van der Waals surface area contributed by atoms with Gasteiger partial charge < -0.3 is 5.32 Å². The third kappa shape index (κ3) is 1.13. The van der Waals surface area contributed by atoms with E-state index >= 15 is 0 Å². The van der Waals surface area contributed by atoms with Crippen LogP contribution in [0.4, 0.5) is 8.78 Å². The van der Waals surface area contributed by atoms with Gasteiger partial charge in [-0.15, -0.1) is 0 Å². The maximum Gasteiger partial charge on any atom is 0.276 e. The molecule has 0 saturated carbocycles. The van der Waals surface area contributed by atoms with Gasteiger partial charge in [-0.1, -0.05) is 11.6 Å². The molecule has 1 rings (SSSR count). The zero-order valence-electron chi connectivity index (χ0n) is 4.44. The van der Waals surface area contributed by atoms with Gasteiger partial charge in [0.1, 0.15) is 0 Å². The normalized spacial score (nSPS) is 33.3.